The lowest BCUT2D eigenvalue weighted by Crippen LogP contribution is -2.21. The quantitative estimate of drug-likeness (QED) is 0.128. The Morgan fingerprint density at radius 3 is 1.32 bits per heavy atom. The summed E-state index contributed by atoms with van der Waals surface area (Å²) in [5, 5.41) is 0. The van der Waals surface area contributed by atoms with Crippen LogP contribution in [-0.4, -0.2) is 43.4 Å². The number of hydrogen-bond acceptors (Lipinski definition) is 8. The number of esters is 4. The molecule has 8 heteroatoms. The maximum absolute atomic E-state index is 11.7. The molecule has 158 valence electrons. The fourth-order valence-electron chi connectivity index (χ4n) is 2.04. The summed E-state index contributed by atoms with van der Waals surface area (Å²) in [7, 11) is 0. The van der Waals surface area contributed by atoms with Crippen molar-refractivity contribution in [3.05, 3.63) is 25.3 Å². The van der Waals surface area contributed by atoms with Crippen LogP contribution in [0, 0.1) is 0 Å². The topological polar surface area (TPSA) is 105 Å². The molecule has 0 spiro atoms. The second-order valence-corrected chi connectivity index (χ2v) is 5.90. The molecule has 0 radical (unpaired) electrons. The third kappa shape index (κ3) is 15.6. The van der Waals surface area contributed by atoms with Crippen LogP contribution in [0.4, 0.5) is 0 Å². The number of carbonyl (C=O) groups excluding carboxylic acids is 4. The molecule has 0 aromatic rings. The van der Waals surface area contributed by atoms with Crippen LogP contribution in [0.2, 0.25) is 0 Å². The zero-order chi connectivity index (χ0) is 21.2. The van der Waals surface area contributed by atoms with Crippen molar-refractivity contribution in [1.29, 1.82) is 0 Å². The van der Waals surface area contributed by atoms with E-state index >= 15 is 0 Å². The van der Waals surface area contributed by atoms with E-state index in [1.165, 1.54) is 19.1 Å². The van der Waals surface area contributed by atoms with Crippen LogP contribution >= 0.6 is 0 Å². The Kier molecular flexibility index (Phi) is 15.0. The Morgan fingerprint density at radius 1 is 0.679 bits per heavy atom. The molecule has 0 aromatic carbocycles. The molecule has 0 N–H and O–H groups in total. The number of carbonyl (C=O) groups is 4. The van der Waals surface area contributed by atoms with Gasteiger partial charge in [-0.15, -0.1) is 0 Å². The van der Waals surface area contributed by atoms with Crippen molar-refractivity contribution in [2.75, 3.05) is 13.2 Å². The molecule has 0 aromatic heterocycles. The van der Waals surface area contributed by atoms with Gasteiger partial charge in [-0.2, -0.15) is 0 Å². The second-order valence-electron chi connectivity index (χ2n) is 5.90. The fraction of sp³-hybridized carbons (Fsp3) is 0.600. The van der Waals surface area contributed by atoms with Crippen molar-refractivity contribution >= 4 is 23.9 Å². The first-order valence-corrected chi connectivity index (χ1v) is 9.31. The van der Waals surface area contributed by atoms with Crippen molar-refractivity contribution in [2.24, 2.45) is 0 Å². The first-order valence-electron chi connectivity index (χ1n) is 9.31. The standard InChI is InChI=1S/C20H30O8/c1-4-14-25-17(21)10-6-8-12-19(23)27-16(3)28-20(24)13-9-7-11-18(22)26-15-5-2/h4-5,16H,1-2,6-15H2,3H3. The van der Waals surface area contributed by atoms with Gasteiger partial charge in [-0.05, 0) is 25.7 Å². The zero-order valence-corrected chi connectivity index (χ0v) is 16.5. The summed E-state index contributed by atoms with van der Waals surface area (Å²) in [6.45, 7) is 8.68. The van der Waals surface area contributed by atoms with Crippen LogP contribution in [0.25, 0.3) is 0 Å². The highest BCUT2D eigenvalue weighted by Gasteiger charge is 2.14. The molecular formula is C20H30O8. The van der Waals surface area contributed by atoms with E-state index in [1.54, 1.807) is 0 Å². The van der Waals surface area contributed by atoms with Crippen LogP contribution in [0.5, 0.6) is 0 Å². The first kappa shape index (κ1) is 25.4. The molecule has 0 aliphatic carbocycles. The number of rotatable bonds is 16. The van der Waals surface area contributed by atoms with Gasteiger partial charge in [0.25, 0.3) is 0 Å². The Morgan fingerprint density at radius 2 is 1.00 bits per heavy atom. The van der Waals surface area contributed by atoms with Crippen LogP contribution in [0.3, 0.4) is 0 Å². The molecule has 8 nitrogen and oxygen atoms in total. The lowest BCUT2D eigenvalue weighted by Gasteiger charge is -2.14. The summed E-state index contributed by atoms with van der Waals surface area (Å²) >= 11 is 0. The van der Waals surface area contributed by atoms with E-state index in [1.807, 2.05) is 0 Å². The summed E-state index contributed by atoms with van der Waals surface area (Å²) in [6, 6.07) is 0. The monoisotopic (exact) mass is 398 g/mol. The minimum atomic E-state index is -0.991. The highest BCUT2D eigenvalue weighted by Crippen LogP contribution is 2.08. The van der Waals surface area contributed by atoms with Crippen LogP contribution in [0.1, 0.15) is 58.3 Å². The molecule has 0 heterocycles. The lowest BCUT2D eigenvalue weighted by molar-refractivity contribution is -0.184. The van der Waals surface area contributed by atoms with Gasteiger partial charge in [0.2, 0.25) is 6.29 Å². The predicted molar refractivity (Wildman–Crippen MR) is 101 cm³/mol. The summed E-state index contributed by atoms with van der Waals surface area (Å²) in [6.07, 6.45) is 4.55. The molecular weight excluding hydrogens is 368 g/mol. The van der Waals surface area contributed by atoms with Gasteiger partial charge < -0.3 is 18.9 Å². The highest BCUT2D eigenvalue weighted by atomic mass is 16.7. The second kappa shape index (κ2) is 16.5. The molecule has 0 bridgehead atoms. The molecule has 0 atom stereocenters. The minimum absolute atomic E-state index is 0.115. The van der Waals surface area contributed by atoms with Crippen molar-refractivity contribution in [2.45, 2.75) is 64.6 Å². The Hall–Kier alpha value is -2.64. The molecule has 0 aliphatic rings. The van der Waals surface area contributed by atoms with E-state index in [0.29, 0.717) is 25.7 Å². The Labute approximate surface area is 165 Å². The normalized spacial score (nSPS) is 10.1. The third-order valence-corrected chi connectivity index (χ3v) is 3.34. The van der Waals surface area contributed by atoms with E-state index in [4.69, 9.17) is 18.9 Å². The van der Waals surface area contributed by atoms with Gasteiger partial charge in [0, 0.05) is 32.6 Å². The Bertz CT molecular complexity index is 480. The van der Waals surface area contributed by atoms with Crippen LogP contribution in [0.15, 0.2) is 25.3 Å². The molecule has 28 heavy (non-hydrogen) atoms. The number of ether oxygens (including phenoxy) is 4. The van der Waals surface area contributed by atoms with Crippen molar-refractivity contribution < 1.29 is 38.1 Å². The molecule has 0 saturated carbocycles. The zero-order valence-electron chi connectivity index (χ0n) is 16.5. The summed E-state index contributed by atoms with van der Waals surface area (Å²) in [5.41, 5.74) is 0. The first-order chi connectivity index (χ1) is 13.4. The number of hydrogen-bond donors (Lipinski definition) is 0. The highest BCUT2D eigenvalue weighted by molar-refractivity contribution is 5.72. The maximum atomic E-state index is 11.7. The predicted octanol–water partition coefficient (Wildman–Crippen LogP) is 3.00. The summed E-state index contributed by atoms with van der Waals surface area (Å²) in [5.74, 6) is -1.71. The van der Waals surface area contributed by atoms with Gasteiger partial charge in [-0.1, -0.05) is 25.3 Å². The average Bonchev–Trinajstić information content (AvgIpc) is 2.65. The van der Waals surface area contributed by atoms with Crippen LogP contribution in [-0.2, 0) is 38.1 Å². The molecule has 0 saturated heterocycles. The number of unbranched alkanes of at least 4 members (excludes halogenated alkanes) is 2. The van der Waals surface area contributed by atoms with Gasteiger partial charge in [-0.25, -0.2) is 0 Å². The van der Waals surface area contributed by atoms with E-state index in [0.717, 1.165) is 0 Å². The minimum Gasteiger partial charge on any atom is -0.461 e. The van der Waals surface area contributed by atoms with E-state index in [9.17, 15) is 19.2 Å². The maximum Gasteiger partial charge on any atom is 0.308 e. The van der Waals surface area contributed by atoms with Crippen LogP contribution < -0.4 is 0 Å². The molecule has 0 unspecified atom stereocenters. The molecule has 0 fully saturated rings. The SMILES string of the molecule is C=CCOC(=O)CCCCC(=O)OC(C)OC(=O)CCCCC(=O)OCC=C. The average molecular weight is 398 g/mol. The van der Waals surface area contributed by atoms with E-state index in [2.05, 4.69) is 13.2 Å². The summed E-state index contributed by atoms with van der Waals surface area (Å²) in [4.78, 5) is 45.9. The molecule has 0 amide bonds. The van der Waals surface area contributed by atoms with Gasteiger partial charge in [-0.3, -0.25) is 19.2 Å². The van der Waals surface area contributed by atoms with Crippen molar-refractivity contribution in [3.63, 3.8) is 0 Å². The molecule has 0 aliphatic heterocycles. The largest absolute Gasteiger partial charge is 0.461 e. The summed E-state index contributed by atoms with van der Waals surface area (Å²) < 4.78 is 19.6. The van der Waals surface area contributed by atoms with E-state index < -0.39 is 18.2 Å². The Balaban J connectivity index is 3.75. The third-order valence-electron chi connectivity index (χ3n) is 3.34. The lowest BCUT2D eigenvalue weighted by atomic mass is 10.2. The van der Waals surface area contributed by atoms with Gasteiger partial charge in [0.15, 0.2) is 0 Å². The van der Waals surface area contributed by atoms with Crippen molar-refractivity contribution in [3.8, 4) is 0 Å². The van der Waals surface area contributed by atoms with E-state index in [-0.39, 0.29) is 50.8 Å². The van der Waals surface area contributed by atoms with Crippen molar-refractivity contribution in [1.82, 2.24) is 0 Å². The molecule has 0 rings (SSSR count). The van der Waals surface area contributed by atoms with Gasteiger partial charge in [0.05, 0.1) is 0 Å². The smallest absolute Gasteiger partial charge is 0.308 e. The fourth-order valence-corrected chi connectivity index (χ4v) is 2.04. The van der Waals surface area contributed by atoms with Gasteiger partial charge in [0.1, 0.15) is 13.2 Å². The van der Waals surface area contributed by atoms with Gasteiger partial charge >= 0.3 is 23.9 Å².